The van der Waals surface area contributed by atoms with Crippen molar-refractivity contribution in [2.45, 2.75) is 32.1 Å². The van der Waals surface area contributed by atoms with Crippen molar-refractivity contribution in [1.29, 1.82) is 0 Å². The van der Waals surface area contributed by atoms with Crippen molar-refractivity contribution in [1.82, 2.24) is 4.90 Å². The Bertz CT molecular complexity index is 1020. The summed E-state index contributed by atoms with van der Waals surface area (Å²) in [6.07, 6.45) is 1.10. The van der Waals surface area contributed by atoms with Gasteiger partial charge in [0.1, 0.15) is 0 Å². The molecule has 7 heteroatoms. The second-order valence-corrected chi connectivity index (χ2v) is 10.4. The van der Waals surface area contributed by atoms with Crippen LogP contribution in [0.5, 0.6) is 0 Å². The minimum absolute atomic E-state index is 0.00175. The number of nitrogens with zero attached hydrogens (tertiary/aromatic N) is 1. The molecule has 1 N–H and O–H groups in total. The molecule has 30 heavy (non-hydrogen) atoms. The maximum atomic E-state index is 13.1. The third-order valence-corrected chi connectivity index (χ3v) is 7.17. The summed E-state index contributed by atoms with van der Waals surface area (Å²) in [7, 11) is -3.32. The van der Waals surface area contributed by atoms with E-state index in [0.717, 1.165) is 6.42 Å². The van der Waals surface area contributed by atoms with Gasteiger partial charge in [0.25, 0.3) is 11.8 Å². The highest BCUT2D eigenvalue weighted by Crippen LogP contribution is 2.25. The average molecular weight is 429 g/mol. The predicted octanol–water partition coefficient (Wildman–Crippen LogP) is 3.85. The molecular formula is C23H28N2O4S. The Morgan fingerprint density at radius 2 is 1.60 bits per heavy atom. The van der Waals surface area contributed by atoms with Crippen LogP contribution in [-0.2, 0) is 9.84 Å². The molecule has 0 bridgehead atoms. The Labute approximate surface area is 178 Å². The molecule has 0 spiro atoms. The second kappa shape index (κ2) is 9.00. The first kappa shape index (κ1) is 22.0. The van der Waals surface area contributed by atoms with Gasteiger partial charge < -0.3 is 10.2 Å². The highest BCUT2D eigenvalue weighted by atomic mass is 32.2. The number of hydrogen-bond acceptors (Lipinski definition) is 4. The quantitative estimate of drug-likeness (QED) is 0.784. The van der Waals surface area contributed by atoms with E-state index in [9.17, 15) is 18.0 Å². The van der Waals surface area contributed by atoms with E-state index >= 15 is 0 Å². The van der Waals surface area contributed by atoms with Gasteiger partial charge in [-0.1, -0.05) is 32.9 Å². The molecule has 1 heterocycles. The molecule has 1 saturated heterocycles. The van der Waals surface area contributed by atoms with Crippen molar-refractivity contribution in [3.8, 4) is 0 Å². The van der Waals surface area contributed by atoms with Crippen molar-refractivity contribution < 1.29 is 18.0 Å². The summed E-state index contributed by atoms with van der Waals surface area (Å²) in [5.74, 6) is 0.404. The number of likely N-dealkylation sites (tertiary alicyclic amines) is 1. The third-order valence-electron chi connectivity index (χ3n) is 5.42. The van der Waals surface area contributed by atoms with Crippen molar-refractivity contribution in [2.24, 2.45) is 11.8 Å². The lowest BCUT2D eigenvalue weighted by Crippen LogP contribution is -2.42. The number of carbonyl (C=O) groups excluding carboxylic acids is 2. The van der Waals surface area contributed by atoms with Crippen molar-refractivity contribution in [2.75, 3.05) is 24.2 Å². The summed E-state index contributed by atoms with van der Waals surface area (Å²) in [6.45, 7) is 7.28. The molecule has 1 aliphatic heterocycles. The van der Waals surface area contributed by atoms with Crippen LogP contribution in [0, 0.1) is 11.8 Å². The number of rotatable bonds is 5. The highest BCUT2D eigenvalue weighted by molar-refractivity contribution is 7.91. The standard InChI is InChI=1S/C23H28N2O4S/c1-4-30(28,29)19-11-9-18(10-12-19)22(26)24-21-8-6-5-7-20(21)23(27)25-14-16(2)13-17(3)15-25/h5-12,16-17H,4,13-15H2,1-3H3,(H,24,26). The van der Waals surface area contributed by atoms with E-state index in [1.807, 2.05) is 4.90 Å². The molecular weight excluding hydrogens is 400 g/mol. The van der Waals surface area contributed by atoms with Gasteiger partial charge in [0, 0.05) is 18.7 Å². The van der Waals surface area contributed by atoms with Gasteiger partial charge in [0.05, 0.1) is 21.9 Å². The summed E-state index contributed by atoms with van der Waals surface area (Å²) < 4.78 is 23.9. The van der Waals surface area contributed by atoms with E-state index in [0.29, 0.717) is 41.7 Å². The van der Waals surface area contributed by atoms with E-state index in [2.05, 4.69) is 19.2 Å². The van der Waals surface area contributed by atoms with Crippen molar-refractivity contribution >= 4 is 27.3 Å². The number of anilines is 1. The van der Waals surface area contributed by atoms with Crippen LogP contribution in [-0.4, -0.2) is 44.0 Å². The molecule has 1 fully saturated rings. The molecule has 0 radical (unpaired) electrons. The molecule has 2 unspecified atom stereocenters. The van der Waals surface area contributed by atoms with Gasteiger partial charge in [-0.05, 0) is 54.7 Å². The van der Waals surface area contributed by atoms with E-state index in [-0.39, 0.29) is 16.6 Å². The molecule has 2 aromatic carbocycles. The Morgan fingerprint density at radius 3 is 2.20 bits per heavy atom. The molecule has 160 valence electrons. The minimum atomic E-state index is -3.32. The summed E-state index contributed by atoms with van der Waals surface area (Å²) in [5, 5.41) is 2.81. The van der Waals surface area contributed by atoms with Gasteiger partial charge in [0.15, 0.2) is 9.84 Å². The van der Waals surface area contributed by atoms with Gasteiger partial charge in [-0.2, -0.15) is 0 Å². The average Bonchev–Trinajstić information content (AvgIpc) is 2.73. The second-order valence-electron chi connectivity index (χ2n) is 8.08. The Balaban J connectivity index is 1.79. The number of carbonyl (C=O) groups is 2. The van der Waals surface area contributed by atoms with Gasteiger partial charge in [0.2, 0.25) is 0 Å². The van der Waals surface area contributed by atoms with Crippen molar-refractivity contribution in [3.05, 3.63) is 59.7 Å². The van der Waals surface area contributed by atoms with E-state index in [1.165, 1.54) is 24.3 Å². The zero-order chi connectivity index (χ0) is 21.9. The van der Waals surface area contributed by atoms with Crippen LogP contribution in [0.4, 0.5) is 5.69 Å². The van der Waals surface area contributed by atoms with E-state index in [1.54, 1.807) is 31.2 Å². The number of hydrogen-bond donors (Lipinski definition) is 1. The molecule has 1 aliphatic rings. The number of amides is 2. The topological polar surface area (TPSA) is 83.5 Å². The van der Waals surface area contributed by atoms with Crippen LogP contribution in [0.15, 0.2) is 53.4 Å². The Kier molecular flexibility index (Phi) is 6.61. The zero-order valence-electron chi connectivity index (χ0n) is 17.6. The van der Waals surface area contributed by atoms with Crippen LogP contribution >= 0.6 is 0 Å². The van der Waals surface area contributed by atoms with Crippen LogP contribution in [0.3, 0.4) is 0 Å². The molecule has 3 rings (SSSR count). The summed E-state index contributed by atoms with van der Waals surface area (Å²) in [4.78, 5) is 27.9. The normalized spacial score (nSPS) is 19.4. The monoisotopic (exact) mass is 428 g/mol. The van der Waals surface area contributed by atoms with Gasteiger partial charge in [-0.3, -0.25) is 9.59 Å². The summed E-state index contributed by atoms with van der Waals surface area (Å²) >= 11 is 0. The van der Waals surface area contributed by atoms with Gasteiger partial charge in [-0.25, -0.2) is 8.42 Å². The first-order valence-corrected chi connectivity index (χ1v) is 11.9. The Morgan fingerprint density at radius 1 is 1.00 bits per heavy atom. The number of benzene rings is 2. The maximum absolute atomic E-state index is 13.1. The molecule has 2 aromatic rings. The number of sulfone groups is 1. The number of para-hydroxylation sites is 1. The largest absolute Gasteiger partial charge is 0.338 e. The first-order chi connectivity index (χ1) is 14.2. The zero-order valence-corrected chi connectivity index (χ0v) is 18.4. The van der Waals surface area contributed by atoms with E-state index < -0.39 is 15.7 Å². The molecule has 0 aromatic heterocycles. The Hall–Kier alpha value is -2.67. The van der Waals surface area contributed by atoms with Crippen LogP contribution in [0.25, 0.3) is 0 Å². The molecule has 0 saturated carbocycles. The van der Waals surface area contributed by atoms with Crippen LogP contribution in [0.2, 0.25) is 0 Å². The van der Waals surface area contributed by atoms with E-state index in [4.69, 9.17) is 0 Å². The lowest BCUT2D eigenvalue weighted by atomic mass is 9.91. The lowest BCUT2D eigenvalue weighted by Gasteiger charge is -2.35. The summed E-state index contributed by atoms with van der Waals surface area (Å²) in [5.41, 5.74) is 1.23. The molecule has 0 aliphatic carbocycles. The molecule has 2 atom stereocenters. The maximum Gasteiger partial charge on any atom is 0.255 e. The molecule has 2 amide bonds. The van der Waals surface area contributed by atoms with Crippen LogP contribution < -0.4 is 5.32 Å². The lowest BCUT2D eigenvalue weighted by molar-refractivity contribution is 0.0624. The highest BCUT2D eigenvalue weighted by Gasteiger charge is 2.27. The fraction of sp³-hybridized carbons (Fsp3) is 0.391. The smallest absolute Gasteiger partial charge is 0.255 e. The fourth-order valence-corrected chi connectivity index (χ4v) is 4.84. The predicted molar refractivity (Wildman–Crippen MR) is 117 cm³/mol. The third kappa shape index (κ3) is 4.90. The summed E-state index contributed by atoms with van der Waals surface area (Å²) in [6, 6.07) is 12.8. The minimum Gasteiger partial charge on any atom is -0.338 e. The number of nitrogens with one attached hydrogen (secondary N) is 1. The SMILES string of the molecule is CCS(=O)(=O)c1ccc(C(=O)Nc2ccccc2C(=O)N2CC(C)CC(C)C2)cc1. The van der Waals surface area contributed by atoms with Crippen molar-refractivity contribution in [3.63, 3.8) is 0 Å². The van der Waals surface area contributed by atoms with Gasteiger partial charge >= 0.3 is 0 Å². The first-order valence-electron chi connectivity index (χ1n) is 10.2. The number of piperidine rings is 1. The molecule has 6 nitrogen and oxygen atoms in total. The van der Waals surface area contributed by atoms with Gasteiger partial charge in [-0.15, -0.1) is 0 Å². The fourth-order valence-electron chi connectivity index (χ4n) is 3.95. The van der Waals surface area contributed by atoms with Crippen LogP contribution in [0.1, 0.15) is 47.9 Å².